The minimum Gasteiger partial charge on any atom is -0.488 e. The van der Waals surface area contributed by atoms with Gasteiger partial charge in [0.05, 0.1) is 11.6 Å². The molecule has 5 heteroatoms. The van der Waals surface area contributed by atoms with Gasteiger partial charge in [-0.25, -0.2) is 4.39 Å². The number of hydrogen-bond acceptors (Lipinski definition) is 2. The van der Waals surface area contributed by atoms with Crippen LogP contribution in [0, 0.1) is 12.7 Å². The second-order valence-electron chi connectivity index (χ2n) is 4.39. The third kappa shape index (κ3) is 3.51. The maximum absolute atomic E-state index is 13.0. The summed E-state index contributed by atoms with van der Waals surface area (Å²) in [6, 6.07) is 7.88. The Morgan fingerprint density at radius 2 is 2.00 bits per heavy atom. The van der Waals surface area contributed by atoms with Crippen LogP contribution in [0.4, 0.5) is 4.39 Å². The standard InChI is InChI=1S/C15H13BrClFO2/c1-9-4-12(16)5-11(7-19)15(9)20-8-10-2-3-13(18)6-14(10)17/h2-6,19H,7-8H2,1H3. The third-order valence-corrected chi connectivity index (χ3v) is 3.68. The maximum atomic E-state index is 13.0. The Morgan fingerprint density at radius 3 is 2.65 bits per heavy atom. The van der Waals surface area contributed by atoms with Gasteiger partial charge in [-0.1, -0.05) is 33.6 Å². The van der Waals surface area contributed by atoms with Crippen LogP contribution in [-0.2, 0) is 13.2 Å². The van der Waals surface area contributed by atoms with E-state index in [2.05, 4.69) is 15.9 Å². The molecule has 1 N–H and O–H groups in total. The van der Waals surface area contributed by atoms with Crippen LogP contribution in [0.25, 0.3) is 0 Å². The van der Waals surface area contributed by atoms with E-state index in [-0.39, 0.29) is 19.0 Å². The Bertz CT molecular complexity index is 632. The summed E-state index contributed by atoms with van der Waals surface area (Å²) in [5.41, 5.74) is 2.29. The fraction of sp³-hybridized carbons (Fsp3) is 0.200. The Labute approximate surface area is 130 Å². The summed E-state index contributed by atoms with van der Waals surface area (Å²) in [4.78, 5) is 0. The lowest BCUT2D eigenvalue weighted by atomic mass is 10.1. The summed E-state index contributed by atoms with van der Waals surface area (Å²) < 4.78 is 19.6. The zero-order valence-electron chi connectivity index (χ0n) is 10.8. The molecule has 0 heterocycles. The fourth-order valence-corrected chi connectivity index (χ4v) is 2.75. The van der Waals surface area contributed by atoms with Gasteiger partial charge in [0.1, 0.15) is 18.2 Å². The Kier molecular flexibility index (Phi) is 5.02. The van der Waals surface area contributed by atoms with E-state index in [4.69, 9.17) is 16.3 Å². The quantitative estimate of drug-likeness (QED) is 0.863. The van der Waals surface area contributed by atoms with Gasteiger partial charge < -0.3 is 9.84 Å². The minimum atomic E-state index is -0.380. The van der Waals surface area contributed by atoms with Crippen molar-refractivity contribution in [1.29, 1.82) is 0 Å². The molecule has 2 rings (SSSR count). The van der Waals surface area contributed by atoms with Crippen molar-refractivity contribution < 1.29 is 14.2 Å². The van der Waals surface area contributed by atoms with Crippen LogP contribution < -0.4 is 4.74 Å². The van der Waals surface area contributed by atoms with Gasteiger partial charge in [-0.05, 0) is 36.8 Å². The van der Waals surface area contributed by atoms with E-state index < -0.39 is 0 Å². The zero-order chi connectivity index (χ0) is 14.7. The van der Waals surface area contributed by atoms with Crippen molar-refractivity contribution >= 4 is 27.5 Å². The minimum absolute atomic E-state index is 0.118. The highest BCUT2D eigenvalue weighted by Gasteiger charge is 2.10. The highest BCUT2D eigenvalue weighted by molar-refractivity contribution is 9.10. The van der Waals surface area contributed by atoms with Gasteiger partial charge in [0.2, 0.25) is 0 Å². The highest BCUT2D eigenvalue weighted by Crippen LogP contribution is 2.29. The predicted octanol–water partition coefficient (Wildman–Crippen LogP) is 4.62. The molecule has 0 aliphatic heterocycles. The molecule has 106 valence electrons. The maximum Gasteiger partial charge on any atom is 0.128 e. The largest absolute Gasteiger partial charge is 0.488 e. The first-order valence-corrected chi connectivity index (χ1v) is 7.15. The summed E-state index contributed by atoms with van der Waals surface area (Å²) in [7, 11) is 0. The summed E-state index contributed by atoms with van der Waals surface area (Å²) >= 11 is 9.33. The number of aliphatic hydroxyl groups is 1. The molecule has 0 radical (unpaired) electrons. The predicted molar refractivity (Wildman–Crippen MR) is 80.5 cm³/mol. The first-order valence-electron chi connectivity index (χ1n) is 5.98. The molecule has 0 unspecified atom stereocenters. The average Bonchev–Trinajstić information content (AvgIpc) is 2.38. The van der Waals surface area contributed by atoms with E-state index in [1.807, 2.05) is 13.0 Å². The van der Waals surface area contributed by atoms with Crippen LogP contribution in [0.1, 0.15) is 16.7 Å². The Balaban J connectivity index is 2.22. The molecule has 0 atom stereocenters. The molecular weight excluding hydrogens is 347 g/mol. The van der Waals surface area contributed by atoms with Crippen molar-refractivity contribution in [2.75, 3.05) is 0 Å². The lowest BCUT2D eigenvalue weighted by Crippen LogP contribution is -2.02. The van der Waals surface area contributed by atoms with E-state index in [1.54, 1.807) is 12.1 Å². The molecule has 0 bridgehead atoms. The Hall–Kier alpha value is -1.10. The van der Waals surface area contributed by atoms with Gasteiger partial charge in [-0.15, -0.1) is 0 Å². The Morgan fingerprint density at radius 1 is 1.25 bits per heavy atom. The van der Waals surface area contributed by atoms with Gasteiger partial charge in [-0.2, -0.15) is 0 Å². The van der Waals surface area contributed by atoms with Crippen LogP contribution >= 0.6 is 27.5 Å². The van der Waals surface area contributed by atoms with Gasteiger partial charge >= 0.3 is 0 Å². The molecule has 2 aromatic rings. The van der Waals surface area contributed by atoms with Crippen molar-refractivity contribution in [2.24, 2.45) is 0 Å². The summed E-state index contributed by atoms with van der Waals surface area (Å²) in [5, 5.41) is 9.70. The molecule has 0 aromatic heterocycles. The summed E-state index contributed by atoms with van der Waals surface area (Å²) in [6.45, 7) is 1.99. The van der Waals surface area contributed by atoms with Crippen molar-refractivity contribution in [1.82, 2.24) is 0 Å². The molecule has 0 fully saturated rings. The SMILES string of the molecule is Cc1cc(Br)cc(CO)c1OCc1ccc(F)cc1Cl. The van der Waals surface area contributed by atoms with Crippen LogP contribution in [0.15, 0.2) is 34.8 Å². The second kappa shape index (κ2) is 6.57. The first-order chi connectivity index (χ1) is 9.51. The number of rotatable bonds is 4. The number of aliphatic hydroxyl groups excluding tert-OH is 1. The third-order valence-electron chi connectivity index (χ3n) is 2.87. The number of halogens is 3. The van der Waals surface area contributed by atoms with Crippen molar-refractivity contribution in [3.8, 4) is 5.75 Å². The van der Waals surface area contributed by atoms with E-state index in [0.29, 0.717) is 21.9 Å². The van der Waals surface area contributed by atoms with Crippen LogP contribution in [0.3, 0.4) is 0 Å². The molecule has 2 nitrogen and oxygen atoms in total. The summed E-state index contributed by atoms with van der Waals surface area (Å²) in [6.07, 6.45) is 0. The van der Waals surface area contributed by atoms with Gasteiger partial charge in [0, 0.05) is 15.6 Å². The topological polar surface area (TPSA) is 29.5 Å². The number of ether oxygens (including phenoxy) is 1. The van der Waals surface area contributed by atoms with E-state index in [9.17, 15) is 9.50 Å². The van der Waals surface area contributed by atoms with E-state index >= 15 is 0 Å². The number of hydrogen-bond donors (Lipinski definition) is 1. The smallest absolute Gasteiger partial charge is 0.128 e. The molecule has 2 aromatic carbocycles. The van der Waals surface area contributed by atoms with Crippen LogP contribution in [-0.4, -0.2) is 5.11 Å². The average molecular weight is 360 g/mol. The molecule has 0 amide bonds. The van der Waals surface area contributed by atoms with E-state index in [1.165, 1.54) is 12.1 Å². The van der Waals surface area contributed by atoms with Crippen molar-refractivity contribution in [2.45, 2.75) is 20.1 Å². The number of benzene rings is 2. The van der Waals surface area contributed by atoms with Gasteiger partial charge in [0.15, 0.2) is 0 Å². The molecule has 0 aliphatic rings. The van der Waals surface area contributed by atoms with Crippen LogP contribution in [0.2, 0.25) is 5.02 Å². The second-order valence-corrected chi connectivity index (χ2v) is 5.72. The van der Waals surface area contributed by atoms with E-state index in [0.717, 1.165) is 10.0 Å². The number of aryl methyl sites for hydroxylation is 1. The highest BCUT2D eigenvalue weighted by atomic mass is 79.9. The lowest BCUT2D eigenvalue weighted by Gasteiger charge is -2.14. The monoisotopic (exact) mass is 358 g/mol. The summed E-state index contributed by atoms with van der Waals surface area (Å²) in [5.74, 6) is 0.241. The van der Waals surface area contributed by atoms with Gasteiger partial charge in [-0.3, -0.25) is 0 Å². The first kappa shape index (κ1) is 15.3. The van der Waals surface area contributed by atoms with Gasteiger partial charge in [0.25, 0.3) is 0 Å². The molecule has 20 heavy (non-hydrogen) atoms. The van der Waals surface area contributed by atoms with Crippen molar-refractivity contribution in [3.63, 3.8) is 0 Å². The van der Waals surface area contributed by atoms with Crippen LogP contribution in [0.5, 0.6) is 5.75 Å². The lowest BCUT2D eigenvalue weighted by molar-refractivity contribution is 0.258. The fourth-order valence-electron chi connectivity index (χ4n) is 1.91. The molecular formula is C15H13BrClFO2. The molecule has 0 saturated heterocycles. The van der Waals surface area contributed by atoms with Crippen molar-refractivity contribution in [3.05, 3.63) is 62.3 Å². The molecule has 0 saturated carbocycles. The normalized spacial score (nSPS) is 10.7. The molecule has 0 spiro atoms. The molecule has 0 aliphatic carbocycles. The zero-order valence-corrected chi connectivity index (χ0v) is 13.1.